The van der Waals surface area contributed by atoms with Crippen LogP contribution in [0, 0.1) is 0 Å². The van der Waals surface area contributed by atoms with Crippen molar-refractivity contribution in [2.75, 3.05) is 13.2 Å². The Bertz CT molecular complexity index is 226. The number of hydrogen-bond donors (Lipinski definition) is 0. The van der Waals surface area contributed by atoms with Crippen LogP contribution in [-0.2, 0) is 9.47 Å². The van der Waals surface area contributed by atoms with Gasteiger partial charge in [-0.05, 0) is 39.7 Å². The van der Waals surface area contributed by atoms with E-state index in [1.165, 1.54) is 5.57 Å². The van der Waals surface area contributed by atoms with E-state index in [1.54, 1.807) is 6.26 Å². The van der Waals surface area contributed by atoms with E-state index >= 15 is 0 Å². The van der Waals surface area contributed by atoms with Crippen molar-refractivity contribution in [3.05, 3.63) is 24.0 Å². The molecule has 1 aliphatic heterocycles. The molecule has 0 fully saturated rings. The minimum absolute atomic E-state index is 0.150. The average Bonchev–Trinajstić information content (AvgIpc) is 2.30. The predicted molar refractivity (Wildman–Crippen MR) is 58.1 cm³/mol. The first-order valence-corrected chi connectivity index (χ1v) is 5.19. The van der Waals surface area contributed by atoms with Crippen molar-refractivity contribution in [1.82, 2.24) is 0 Å². The van der Waals surface area contributed by atoms with Crippen LogP contribution in [0.1, 0.15) is 33.6 Å². The fourth-order valence-electron chi connectivity index (χ4n) is 1.43. The highest BCUT2D eigenvalue weighted by atomic mass is 16.5. The van der Waals surface area contributed by atoms with Gasteiger partial charge in [0, 0.05) is 0 Å². The highest BCUT2D eigenvalue weighted by Crippen LogP contribution is 2.21. The summed E-state index contributed by atoms with van der Waals surface area (Å²) in [6.45, 7) is 7.69. The van der Waals surface area contributed by atoms with Gasteiger partial charge in [-0.2, -0.15) is 0 Å². The number of rotatable bonds is 3. The van der Waals surface area contributed by atoms with Gasteiger partial charge in [-0.25, -0.2) is 0 Å². The highest BCUT2D eigenvalue weighted by Gasteiger charge is 2.22. The van der Waals surface area contributed by atoms with E-state index in [4.69, 9.17) is 9.47 Å². The van der Waals surface area contributed by atoms with E-state index in [2.05, 4.69) is 26.8 Å². The molecule has 0 spiro atoms. The van der Waals surface area contributed by atoms with Crippen molar-refractivity contribution >= 4 is 0 Å². The Balaban J connectivity index is 2.43. The molecule has 14 heavy (non-hydrogen) atoms. The van der Waals surface area contributed by atoms with Crippen LogP contribution in [-0.4, -0.2) is 18.8 Å². The molecule has 0 aromatic rings. The first kappa shape index (κ1) is 11.3. The Morgan fingerprint density at radius 2 is 2.21 bits per heavy atom. The fourth-order valence-corrected chi connectivity index (χ4v) is 1.43. The summed E-state index contributed by atoms with van der Waals surface area (Å²) in [4.78, 5) is 0. The lowest BCUT2D eigenvalue weighted by Crippen LogP contribution is -2.26. The number of allylic oxidation sites excluding steroid dienone is 2. The third kappa shape index (κ3) is 3.97. The molecular weight excluding hydrogens is 176 g/mol. The van der Waals surface area contributed by atoms with Crippen molar-refractivity contribution in [2.45, 2.75) is 39.2 Å². The van der Waals surface area contributed by atoms with Gasteiger partial charge in [-0.15, -0.1) is 0 Å². The van der Waals surface area contributed by atoms with E-state index in [-0.39, 0.29) is 5.60 Å². The van der Waals surface area contributed by atoms with Crippen molar-refractivity contribution < 1.29 is 9.47 Å². The average molecular weight is 196 g/mol. The fraction of sp³-hybridized carbons (Fsp3) is 0.667. The zero-order valence-electron chi connectivity index (χ0n) is 9.38. The van der Waals surface area contributed by atoms with E-state index in [0.29, 0.717) is 13.2 Å². The Labute approximate surface area is 86.6 Å². The summed E-state index contributed by atoms with van der Waals surface area (Å²) in [5, 5.41) is 0. The summed E-state index contributed by atoms with van der Waals surface area (Å²) in [5.74, 6) is 0. The predicted octanol–water partition coefficient (Wildman–Crippen LogP) is 3.05. The third-order valence-electron chi connectivity index (χ3n) is 2.34. The maximum Gasteiger partial charge on any atom is 0.111 e. The third-order valence-corrected chi connectivity index (χ3v) is 2.34. The molecule has 2 nitrogen and oxygen atoms in total. The van der Waals surface area contributed by atoms with Gasteiger partial charge in [0.25, 0.3) is 0 Å². The maximum atomic E-state index is 5.73. The van der Waals surface area contributed by atoms with Crippen molar-refractivity contribution in [2.24, 2.45) is 0 Å². The summed E-state index contributed by atoms with van der Waals surface area (Å²) in [6, 6.07) is 0. The van der Waals surface area contributed by atoms with E-state index in [0.717, 1.165) is 12.8 Å². The molecule has 1 aliphatic rings. The number of ether oxygens (including phenoxy) is 2. The molecule has 1 rings (SSSR count). The standard InChI is InChI=1S/C12H20O2/c1-11(2)5-4-6-12(3)7-8-13-9-10-14-12/h5,7-8H,4,6,9-10H2,1-3H3/t12-/m0/s1. The van der Waals surface area contributed by atoms with Crippen LogP contribution in [0.25, 0.3) is 0 Å². The quantitative estimate of drug-likeness (QED) is 0.646. The van der Waals surface area contributed by atoms with Crippen LogP contribution in [0.15, 0.2) is 24.0 Å². The molecule has 0 bridgehead atoms. The van der Waals surface area contributed by atoms with Crippen molar-refractivity contribution in [3.63, 3.8) is 0 Å². The molecular formula is C12H20O2. The topological polar surface area (TPSA) is 18.5 Å². The lowest BCUT2D eigenvalue weighted by atomic mass is 9.99. The molecule has 0 aromatic carbocycles. The van der Waals surface area contributed by atoms with Crippen LogP contribution >= 0.6 is 0 Å². The van der Waals surface area contributed by atoms with Crippen LogP contribution in [0.5, 0.6) is 0 Å². The zero-order chi connectivity index (χ0) is 10.4. The molecule has 0 saturated heterocycles. The zero-order valence-corrected chi connectivity index (χ0v) is 9.38. The number of hydrogen-bond acceptors (Lipinski definition) is 2. The lowest BCUT2D eigenvalue weighted by Gasteiger charge is -2.23. The second kappa shape index (κ2) is 5.20. The molecule has 0 N–H and O–H groups in total. The SMILES string of the molecule is CC(C)=CCC[C@@]1(C)C=COCCO1. The first-order valence-electron chi connectivity index (χ1n) is 5.19. The Morgan fingerprint density at radius 3 is 2.93 bits per heavy atom. The minimum Gasteiger partial charge on any atom is -0.499 e. The van der Waals surface area contributed by atoms with E-state index in [9.17, 15) is 0 Å². The largest absolute Gasteiger partial charge is 0.499 e. The smallest absolute Gasteiger partial charge is 0.111 e. The van der Waals surface area contributed by atoms with Gasteiger partial charge in [0.1, 0.15) is 6.61 Å². The van der Waals surface area contributed by atoms with Crippen molar-refractivity contribution in [3.8, 4) is 0 Å². The summed E-state index contributed by atoms with van der Waals surface area (Å²) in [7, 11) is 0. The summed E-state index contributed by atoms with van der Waals surface area (Å²) < 4.78 is 10.9. The molecule has 1 atom stereocenters. The van der Waals surface area contributed by atoms with E-state index in [1.807, 2.05) is 6.08 Å². The Kier molecular flexibility index (Phi) is 4.21. The van der Waals surface area contributed by atoms with Gasteiger partial charge in [0.05, 0.1) is 18.5 Å². The molecule has 1 heterocycles. The highest BCUT2D eigenvalue weighted by molar-refractivity contribution is 5.01. The maximum absolute atomic E-state index is 5.73. The Morgan fingerprint density at radius 1 is 1.43 bits per heavy atom. The monoisotopic (exact) mass is 196 g/mol. The first-order chi connectivity index (χ1) is 6.62. The van der Waals surface area contributed by atoms with Gasteiger partial charge in [-0.1, -0.05) is 11.6 Å². The second-order valence-electron chi connectivity index (χ2n) is 4.15. The van der Waals surface area contributed by atoms with Gasteiger partial charge < -0.3 is 9.47 Å². The molecule has 80 valence electrons. The van der Waals surface area contributed by atoms with Crippen LogP contribution in [0.4, 0.5) is 0 Å². The second-order valence-corrected chi connectivity index (χ2v) is 4.15. The molecule has 0 aliphatic carbocycles. The summed E-state index contributed by atoms with van der Waals surface area (Å²) >= 11 is 0. The van der Waals surface area contributed by atoms with Gasteiger partial charge in [0.2, 0.25) is 0 Å². The van der Waals surface area contributed by atoms with Crippen LogP contribution in [0.3, 0.4) is 0 Å². The van der Waals surface area contributed by atoms with Crippen LogP contribution < -0.4 is 0 Å². The Hall–Kier alpha value is -0.760. The van der Waals surface area contributed by atoms with Crippen LogP contribution in [0.2, 0.25) is 0 Å². The molecule has 0 aromatic heterocycles. The van der Waals surface area contributed by atoms with Gasteiger partial charge in [-0.3, -0.25) is 0 Å². The summed E-state index contributed by atoms with van der Waals surface area (Å²) in [6.07, 6.45) is 8.09. The van der Waals surface area contributed by atoms with E-state index < -0.39 is 0 Å². The molecule has 2 heteroatoms. The van der Waals surface area contributed by atoms with Crippen molar-refractivity contribution in [1.29, 1.82) is 0 Å². The van der Waals surface area contributed by atoms with Gasteiger partial charge in [0.15, 0.2) is 0 Å². The molecule has 0 saturated carbocycles. The summed E-state index contributed by atoms with van der Waals surface area (Å²) in [5.41, 5.74) is 1.21. The molecule has 0 amide bonds. The molecule has 0 radical (unpaired) electrons. The van der Waals surface area contributed by atoms with Gasteiger partial charge >= 0.3 is 0 Å². The normalized spacial score (nSPS) is 26.5. The lowest BCUT2D eigenvalue weighted by molar-refractivity contribution is -0.00650. The molecule has 0 unspecified atom stereocenters. The minimum atomic E-state index is -0.150.